The lowest BCUT2D eigenvalue weighted by Crippen LogP contribution is -2.41. The highest BCUT2D eigenvalue weighted by Gasteiger charge is 2.34. The number of benzene rings is 2. The van der Waals surface area contributed by atoms with Gasteiger partial charge in [0.05, 0.1) is 23.0 Å². The Kier molecular flexibility index (Phi) is 5.01. The highest BCUT2D eigenvalue weighted by atomic mass is 32.2. The van der Waals surface area contributed by atoms with E-state index >= 15 is 0 Å². The molecule has 8 heteroatoms. The SMILES string of the molecule is O=C(NCCN1CCOCC1)c1ccc2c(c1)S(=O)(=O)c1ccccc1C2=O. The minimum atomic E-state index is -3.85. The molecule has 1 N–H and O–H groups in total. The largest absolute Gasteiger partial charge is 0.379 e. The molecule has 1 fully saturated rings. The fourth-order valence-corrected chi connectivity index (χ4v) is 5.16. The summed E-state index contributed by atoms with van der Waals surface area (Å²) in [5.41, 5.74) is 0.484. The number of fused-ring (bicyclic) bond motifs is 2. The second-order valence-electron chi connectivity index (χ2n) is 6.75. The van der Waals surface area contributed by atoms with Crippen molar-refractivity contribution in [2.45, 2.75) is 9.79 Å². The lowest BCUT2D eigenvalue weighted by molar-refractivity contribution is 0.0383. The Morgan fingerprint density at radius 1 is 1.04 bits per heavy atom. The number of carbonyl (C=O) groups excluding carboxylic acids is 2. The van der Waals surface area contributed by atoms with E-state index in [1.165, 1.54) is 30.3 Å². The van der Waals surface area contributed by atoms with Crippen molar-refractivity contribution < 1.29 is 22.7 Å². The predicted molar refractivity (Wildman–Crippen MR) is 101 cm³/mol. The van der Waals surface area contributed by atoms with E-state index in [4.69, 9.17) is 4.74 Å². The van der Waals surface area contributed by atoms with Crippen LogP contribution < -0.4 is 5.32 Å². The van der Waals surface area contributed by atoms with E-state index in [0.29, 0.717) is 26.3 Å². The lowest BCUT2D eigenvalue weighted by atomic mass is 10.0. The van der Waals surface area contributed by atoms with Gasteiger partial charge in [0.15, 0.2) is 5.78 Å². The first kappa shape index (κ1) is 18.8. The van der Waals surface area contributed by atoms with Crippen LogP contribution >= 0.6 is 0 Å². The number of amides is 1. The quantitative estimate of drug-likeness (QED) is 0.706. The molecule has 2 aromatic rings. The summed E-state index contributed by atoms with van der Waals surface area (Å²) < 4.78 is 31.2. The maximum Gasteiger partial charge on any atom is 0.251 e. The number of sulfone groups is 1. The van der Waals surface area contributed by atoms with Crippen LogP contribution in [0.2, 0.25) is 0 Å². The third-order valence-corrected chi connectivity index (χ3v) is 6.87. The molecule has 0 spiro atoms. The van der Waals surface area contributed by atoms with Crippen molar-refractivity contribution in [3.63, 3.8) is 0 Å². The van der Waals surface area contributed by atoms with Gasteiger partial charge in [-0.1, -0.05) is 12.1 Å². The van der Waals surface area contributed by atoms with Crippen LogP contribution in [0.15, 0.2) is 52.3 Å². The Morgan fingerprint density at radius 3 is 2.54 bits per heavy atom. The highest BCUT2D eigenvalue weighted by Crippen LogP contribution is 2.34. The second-order valence-corrected chi connectivity index (χ2v) is 8.64. The van der Waals surface area contributed by atoms with Crippen LogP contribution in [0, 0.1) is 0 Å². The highest BCUT2D eigenvalue weighted by molar-refractivity contribution is 7.91. The van der Waals surface area contributed by atoms with Crippen LogP contribution in [0.5, 0.6) is 0 Å². The van der Waals surface area contributed by atoms with Gasteiger partial charge in [-0.05, 0) is 30.3 Å². The van der Waals surface area contributed by atoms with Crippen molar-refractivity contribution in [3.05, 3.63) is 59.2 Å². The van der Waals surface area contributed by atoms with E-state index < -0.39 is 9.84 Å². The average molecular weight is 400 g/mol. The van der Waals surface area contributed by atoms with E-state index in [1.807, 2.05) is 0 Å². The molecule has 0 unspecified atom stereocenters. The molecule has 0 bridgehead atoms. The fourth-order valence-electron chi connectivity index (χ4n) is 3.48. The van der Waals surface area contributed by atoms with Gasteiger partial charge < -0.3 is 10.1 Å². The summed E-state index contributed by atoms with van der Waals surface area (Å²) in [4.78, 5) is 27.2. The molecule has 0 aromatic heterocycles. The molecule has 2 heterocycles. The molecule has 0 aliphatic carbocycles. The molecular weight excluding hydrogens is 380 g/mol. The van der Waals surface area contributed by atoms with E-state index in [0.717, 1.165) is 13.1 Å². The van der Waals surface area contributed by atoms with Crippen molar-refractivity contribution >= 4 is 21.5 Å². The van der Waals surface area contributed by atoms with Crippen LogP contribution in [-0.4, -0.2) is 64.4 Å². The number of nitrogens with one attached hydrogen (secondary N) is 1. The molecule has 1 amide bonds. The van der Waals surface area contributed by atoms with E-state index in [1.54, 1.807) is 12.1 Å². The van der Waals surface area contributed by atoms with Crippen molar-refractivity contribution in [1.82, 2.24) is 10.2 Å². The molecule has 1 saturated heterocycles. The fraction of sp³-hybridized carbons (Fsp3) is 0.300. The molecule has 2 aromatic carbocycles. The molecule has 7 nitrogen and oxygen atoms in total. The zero-order chi connectivity index (χ0) is 19.7. The second kappa shape index (κ2) is 7.46. The Balaban J connectivity index is 1.54. The summed E-state index contributed by atoms with van der Waals surface area (Å²) in [5.74, 6) is -0.711. The number of rotatable bonds is 4. The molecule has 0 atom stereocenters. The first-order valence-electron chi connectivity index (χ1n) is 9.09. The number of ether oxygens (including phenoxy) is 1. The molecule has 28 heavy (non-hydrogen) atoms. The van der Waals surface area contributed by atoms with Gasteiger partial charge in [-0.2, -0.15) is 0 Å². The molecule has 2 aliphatic rings. The van der Waals surface area contributed by atoms with Gasteiger partial charge in [-0.15, -0.1) is 0 Å². The molecule has 0 saturated carbocycles. The minimum Gasteiger partial charge on any atom is -0.379 e. The van der Waals surface area contributed by atoms with E-state index in [2.05, 4.69) is 10.2 Å². The smallest absolute Gasteiger partial charge is 0.251 e. The zero-order valence-electron chi connectivity index (χ0n) is 15.2. The summed E-state index contributed by atoms with van der Waals surface area (Å²) in [6.07, 6.45) is 0. The van der Waals surface area contributed by atoms with Gasteiger partial charge >= 0.3 is 0 Å². The topological polar surface area (TPSA) is 92.8 Å². The third kappa shape index (κ3) is 3.34. The van der Waals surface area contributed by atoms with Crippen molar-refractivity contribution in [1.29, 1.82) is 0 Å². The minimum absolute atomic E-state index is 0.0163. The number of hydrogen-bond donors (Lipinski definition) is 1. The first-order valence-corrected chi connectivity index (χ1v) is 10.6. The zero-order valence-corrected chi connectivity index (χ0v) is 16.0. The number of nitrogens with zero attached hydrogens (tertiary/aromatic N) is 1. The van der Waals surface area contributed by atoms with Crippen molar-refractivity contribution in [2.75, 3.05) is 39.4 Å². The third-order valence-electron chi connectivity index (χ3n) is 5.02. The van der Waals surface area contributed by atoms with Gasteiger partial charge in [0.2, 0.25) is 9.84 Å². The van der Waals surface area contributed by atoms with Crippen LogP contribution in [0.25, 0.3) is 0 Å². The molecule has 0 radical (unpaired) electrons. The maximum atomic E-state index is 12.9. The number of carbonyl (C=O) groups is 2. The van der Waals surface area contributed by atoms with Crippen LogP contribution in [0.4, 0.5) is 0 Å². The molecular formula is C20H20N2O5S. The monoisotopic (exact) mass is 400 g/mol. The number of hydrogen-bond acceptors (Lipinski definition) is 6. The van der Waals surface area contributed by atoms with Crippen LogP contribution in [0.3, 0.4) is 0 Å². The summed E-state index contributed by atoms with van der Waals surface area (Å²) in [6, 6.07) is 10.3. The summed E-state index contributed by atoms with van der Waals surface area (Å²) in [7, 11) is -3.85. The first-order chi connectivity index (χ1) is 13.5. The maximum absolute atomic E-state index is 12.9. The average Bonchev–Trinajstić information content (AvgIpc) is 2.73. The molecule has 146 valence electrons. The molecule has 2 aliphatic heterocycles. The normalized spacial score (nSPS) is 18.2. The van der Waals surface area contributed by atoms with Crippen LogP contribution in [-0.2, 0) is 14.6 Å². The lowest BCUT2D eigenvalue weighted by Gasteiger charge is -2.26. The van der Waals surface area contributed by atoms with Crippen molar-refractivity contribution in [3.8, 4) is 0 Å². The summed E-state index contributed by atoms with van der Waals surface area (Å²) in [5, 5.41) is 2.81. The van der Waals surface area contributed by atoms with E-state index in [-0.39, 0.29) is 38.2 Å². The van der Waals surface area contributed by atoms with Gasteiger partial charge in [0.1, 0.15) is 0 Å². The van der Waals surface area contributed by atoms with Gasteiger partial charge in [0.25, 0.3) is 5.91 Å². The number of ketones is 1. The van der Waals surface area contributed by atoms with E-state index in [9.17, 15) is 18.0 Å². The van der Waals surface area contributed by atoms with Gasteiger partial charge in [-0.3, -0.25) is 14.5 Å². The van der Waals surface area contributed by atoms with Crippen molar-refractivity contribution in [2.24, 2.45) is 0 Å². The Bertz CT molecular complexity index is 1040. The summed E-state index contributed by atoms with van der Waals surface area (Å²) in [6.45, 7) is 4.18. The Morgan fingerprint density at radius 2 is 1.75 bits per heavy atom. The predicted octanol–water partition coefficient (Wildman–Crippen LogP) is 1.13. The summed E-state index contributed by atoms with van der Waals surface area (Å²) >= 11 is 0. The Hall–Kier alpha value is -2.55. The standard InChI is InChI=1S/C20H20N2O5S/c23-19-15-3-1-2-4-17(15)28(25,26)18-13-14(5-6-16(18)19)20(24)21-7-8-22-9-11-27-12-10-22/h1-6,13H,7-12H2,(H,21,24). The number of morpholine rings is 1. The van der Waals surface area contributed by atoms with Crippen LogP contribution in [0.1, 0.15) is 26.3 Å². The molecule has 4 rings (SSSR count). The Labute approximate surface area is 163 Å². The van der Waals surface area contributed by atoms with Gasteiger partial charge in [0, 0.05) is 42.9 Å². The van der Waals surface area contributed by atoms with Gasteiger partial charge in [-0.25, -0.2) is 8.42 Å².